The summed E-state index contributed by atoms with van der Waals surface area (Å²) in [4.78, 5) is 15.1. The molecule has 0 bridgehead atoms. The SMILES string of the molecule is CC(C)Cn1c(SCCCn2c(=O)[nH]c3ccccc32)nnc1-c1ccccc1F. The van der Waals surface area contributed by atoms with E-state index < -0.39 is 0 Å². The highest BCUT2D eigenvalue weighted by atomic mass is 32.2. The second kappa shape index (κ2) is 8.87. The van der Waals surface area contributed by atoms with Crippen molar-refractivity contribution >= 4 is 22.8 Å². The minimum absolute atomic E-state index is 0.0917. The predicted octanol–water partition coefficient (Wildman–Crippen LogP) is 4.57. The highest BCUT2D eigenvalue weighted by molar-refractivity contribution is 7.99. The van der Waals surface area contributed by atoms with Gasteiger partial charge in [-0.05, 0) is 36.6 Å². The van der Waals surface area contributed by atoms with Gasteiger partial charge in [-0.3, -0.25) is 4.57 Å². The topological polar surface area (TPSA) is 68.5 Å². The first-order chi connectivity index (χ1) is 14.5. The lowest BCUT2D eigenvalue weighted by atomic mass is 10.2. The van der Waals surface area contributed by atoms with Crippen LogP contribution in [0.1, 0.15) is 20.3 Å². The van der Waals surface area contributed by atoms with Crippen LogP contribution in [0, 0.1) is 11.7 Å². The molecule has 0 amide bonds. The van der Waals surface area contributed by atoms with Crippen molar-refractivity contribution in [3.63, 3.8) is 0 Å². The van der Waals surface area contributed by atoms with E-state index in [1.807, 2.05) is 28.8 Å². The van der Waals surface area contributed by atoms with Gasteiger partial charge in [0.1, 0.15) is 5.82 Å². The Morgan fingerprint density at radius 2 is 1.83 bits per heavy atom. The number of aryl methyl sites for hydroxylation is 1. The lowest BCUT2D eigenvalue weighted by Crippen LogP contribution is -2.17. The fraction of sp³-hybridized carbons (Fsp3) is 0.318. The number of fused-ring (bicyclic) bond motifs is 1. The zero-order chi connectivity index (χ0) is 21.1. The van der Waals surface area contributed by atoms with Gasteiger partial charge in [0, 0.05) is 18.8 Å². The molecule has 0 spiro atoms. The number of aromatic amines is 1. The van der Waals surface area contributed by atoms with Gasteiger partial charge in [-0.2, -0.15) is 0 Å². The fourth-order valence-corrected chi connectivity index (χ4v) is 4.35. The molecular weight excluding hydrogens is 401 g/mol. The van der Waals surface area contributed by atoms with Crippen molar-refractivity contribution < 1.29 is 4.39 Å². The third kappa shape index (κ3) is 4.18. The van der Waals surface area contributed by atoms with Gasteiger partial charge in [0.2, 0.25) is 0 Å². The largest absolute Gasteiger partial charge is 0.326 e. The summed E-state index contributed by atoms with van der Waals surface area (Å²) in [5.74, 6) is 1.40. The fourth-order valence-electron chi connectivity index (χ4n) is 3.48. The number of para-hydroxylation sites is 2. The molecule has 0 saturated heterocycles. The van der Waals surface area contributed by atoms with Gasteiger partial charge in [-0.25, -0.2) is 9.18 Å². The second-order valence-corrected chi connectivity index (χ2v) is 8.65. The zero-order valence-corrected chi connectivity index (χ0v) is 17.8. The van der Waals surface area contributed by atoms with Crippen molar-refractivity contribution in [2.45, 2.75) is 38.5 Å². The number of thioether (sulfide) groups is 1. The third-order valence-corrected chi connectivity index (χ3v) is 5.87. The van der Waals surface area contributed by atoms with E-state index in [2.05, 4.69) is 29.0 Å². The lowest BCUT2D eigenvalue weighted by molar-refractivity contribution is 0.496. The van der Waals surface area contributed by atoms with Crippen LogP contribution in [-0.4, -0.2) is 30.1 Å². The molecule has 0 fully saturated rings. The van der Waals surface area contributed by atoms with Gasteiger partial charge < -0.3 is 9.55 Å². The average Bonchev–Trinajstić information content (AvgIpc) is 3.25. The first kappa shape index (κ1) is 20.4. The van der Waals surface area contributed by atoms with Gasteiger partial charge in [0.15, 0.2) is 11.0 Å². The molecule has 4 rings (SSSR count). The minimum Gasteiger partial charge on any atom is -0.306 e. The van der Waals surface area contributed by atoms with Crippen LogP contribution >= 0.6 is 11.8 Å². The average molecular weight is 426 g/mol. The summed E-state index contributed by atoms with van der Waals surface area (Å²) >= 11 is 1.58. The van der Waals surface area contributed by atoms with Crippen LogP contribution in [0.2, 0.25) is 0 Å². The number of aromatic nitrogens is 5. The molecule has 2 aromatic carbocycles. The molecule has 2 aromatic heterocycles. The number of imidazole rings is 1. The van der Waals surface area contributed by atoms with E-state index in [4.69, 9.17) is 0 Å². The van der Waals surface area contributed by atoms with Crippen LogP contribution in [-0.2, 0) is 13.1 Å². The molecule has 30 heavy (non-hydrogen) atoms. The first-order valence-corrected chi connectivity index (χ1v) is 11.0. The van der Waals surface area contributed by atoms with E-state index >= 15 is 0 Å². The Bertz CT molecular complexity index is 1210. The van der Waals surface area contributed by atoms with E-state index in [9.17, 15) is 9.18 Å². The van der Waals surface area contributed by atoms with Crippen LogP contribution in [0.25, 0.3) is 22.4 Å². The van der Waals surface area contributed by atoms with Crippen LogP contribution in [0.5, 0.6) is 0 Å². The van der Waals surface area contributed by atoms with E-state index in [0.29, 0.717) is 30.4 Å². The number of hydrogen-bond acceptors (Lipinski definition) is 4. The summed E-state index contributed by atoms with van der Waals surface area (Å²) < 4.78 is 18.1. The van der Waals surface area contributed by atoms with Gasteiger partial charge in [-0.1, -0.05) is 49.9 Å². The number of nitrogens with zero attached hydrogens (tertiary/aromatic N) is 4. The molecule has 156 valence electrons. The minimum atomic E-state index is -0.301. The maximum Gasteiger partial charge on any atom is 0.326 e. The third-order valence-electron chi connectivity index (χ3n) is 4.82. The number of benzene rings is 2. The molecule has 4 aromatic rings. The Balaban J connectivity index is 1.49. The summed E-state index contributed by atoms with van der Waals surface area (Å²) in [6.07, 6.45) is 0.802. The van der Waals surface area contributed by atoms with Gasteiger partial charge in [0.25, 0.3) is 0 Å². The number of halogens is 1. The molecule has 8 heteroatoms. The van der Waals surface area contributed by atoms with Crippen LogP contribution in [0.15, 0.2) is 58.5 Å². The Hall–Kier alpha value is -2.87. The van der Waals surface area contributed by atoms with Crippen molar-refractivity contribution in [1.82, 2.24) is 24.3 Å². The molecule has 0 saturated carbocycles. The molecule has 2 heterocycles. The summed E-state index contributed by atoms with van der Waals surface area (Å²) in [6.45, 7) is 5.56. The molecule has 0 aliphatic carbocycles. The van der Waals surface area contributed by atoms with E-state index in [1.54, 1.807) is 34.5 Å². The molecule has 0 aliphatic heterocycles. The maximum absolute atomic E-state index is 14.3. The van der Waals surface area contributed by atoms with Crippen molar-refractivity contribution in [3.8, 4) is 11.4 Å². The summed E-state index contributed by atoms with van der Waals surface area (Å²) in [5.41, 5.74) is 2.13. The number of hydrogen-bond donors (Lipinski definition) is 1. The Labute approximate surface area is 178 Å². The lowest BCUT2D eigenvalue weighted by Gasteiger charge is -2.13. The molecular formula is C22H24FN5OS. The Morgan fingerprint density at radius 1 is 1.07 bits per heavy atom. The van der Waals surface area contributed by atoms with E-state index in [1.165, 1.54) is 6.07 Å². The predicted molar refractivity (Wildman–Crippen MR) is 118 cm³/mol. The quantitative estimate of drug-likeness (QED) is 0.332. The van der Waals surface area contributed by atoms with Gasteiger partial charge >= 0.3 is 5.69 Å². The monoisotopic (exact) mass is 425 g/mol. The van der Waals surface area contributed by atoms with Gasteiger partial charge in [0.05, 0.1) is 16.6 Å². The van der Waals surface area contributed by atoms with E-state index in [-0.39, 0.29) is 11.5 Å². The van der Waals surface area contributed by atoms with Crippen LogP contribution in [0.3, 0.4) is 0 Å². The van der Waals surface area contributed by atoms with Crippen LogP contribution in [0.4, 0.5) is 4.39 Å². The number of rotatable bonds is 8. The number of H-pyrrole nitrogens is 1. The van der Waals surface area contributed by atoms with Crippen molar-refractivity contribution in [2.24, 2.45) is 5.92 Å². The molecule has 0 atom stereocenters. The second-order valence-electron chi connectivity index (χ2n) is 7.59. The molecule has 6 nitrogen and oxygen atoms in total. The Kier molecular flexibility index (Phi) is 6.03. The van der Waals surface area contributed by atoms with Crippen molar-refractivity contribution in [3.05, 3.63) is 64.8 Å². The smallest absolute Gasteiger partial charge is 0.306 e. The van der Waals surface area contributed by atoms with E-state index in [0.717, 1.165) is 28.4 Å². The summed E-state index contributed by atoms with van der Waals surface area (Å²) in [5, 5.41) is 9.37. The zero-order valence-electron chi connectivity index (χ0n) is 17.0. The standard InChI is InChI=1S/C22H24FN5OS/c1-15(2)14-28-20(16-8-3-4-9-17(16)23)25-26-22(28)30-13-7-12-27-19-11-6-5-10-18(19)24-21(27)29/h3-6,8-11,15H,7,12-14H2,1-2H3,(H,24,29). The summed E-state index contributed by atoms with van der Waals surface area (Å²) in [7, 11) is 0. The van der Waals surface area contributed by atoms with Crippen LogP contribution < -0.4 is 5.69 Å². The highest BCUT2D eigenvalue weighted by Gasteiger charge is 2.18. The van der Waals surface area contributed by atoms with Crippen molar-refractivity contribution in [1.29, 1.82) is 0 Å². The molecule has 1 N–H and O–H groups in total. The molecule has 0 radical (unpaired) electrons. The molecule has 0 aliphatic rings. The highest BCUT2D eigenvalue weighted by Crippen LogP contribution is 2.27. The first-order valence-electron chi connectivity index (χ1n) is 10.0. The maximum atomic E-state index is 14.3. The number of nitrogens with one attached hydrogen (secondary N) is 1. The van der Waals surface area contributed by atoms with Gasteiger partial charge in [-0.15, -0.1) is 10.2 Å². The summed E-state index contributed by atoms with van der Waals surface area (Å²) in [6, 6.07) is 14.3. The van der Waals surface area contributed by atoms with Crippen molar-refractivity contribution in [2.75, 3.05) is 5.75 Å². The Morgan fingerprint density at radius 3 is 2.63 bits per heavy atom. The normalized spacial score (nSPS) is 11.6. The molecule has 0 unspecified atom stereocenters.